The van der Waals surface area contributed by atoms with Gasteiger partial charge in [0.25, 0.3) is 0 Å². The van der Waals surface area contributed by atoms with Crippen molar-refractivity contribution in [1.29, 1.82) is 0 Å². The highest BCUT2D eigenvalue weighted by Crippen LogP contribution is 2.34. The van der Waals surface area contributed by atoms with Gasteiger partial charge in [-0.2, -0.15) is 0 Å². The molecule has 1 N–H and O–H groups in total. The van der Waals surface area contributed by atoms with Crippen molar-refractivity contribution in [3.63, 3.8) is 0 Å². The summed E-state index contributed by atoms with van der Waals surface area (Å²) in [5.41, 5.74) is 0.907. The summed E-state index contributed by atoms with van der Waals surface area (Å²) in [5.74, 6) is 1.43. The molecule has 0 radical (unpaired) electrons. The van der Waals surface area contributed by atoms with Gasteiger partial charge in [0, 0.05) is 24.7 Å². The van der Waals surface area contributed by atoms with Crippen LogP contribution in [-0.4, -0.2) is 30.8 Å². The van der Waals surface area contributed by atoms with Crippen LogP contribution in [0.2, 0.25) is 0 Å². The van der Waals surface area contributed by atoms with E-state index in [0.717, 1.165) is 17.2 Å². The molecule has 1 saturated heterocycles. The highest BCUT2D eigenvalue weighted by molar-refractivity contribution is 7.80. The summed E-state index contributed by atoms with van der Waals surface area (Å²) >= 11 is 5.16. The van der Waals surface area contributed by atoms with Crippen molar-refractivity contribution in [3.05, 3.63) is 18.2 Å². The Morgan fingerprint density at radius 2 is 2.00 bits per heavy atom. The van der Waals surface area contributed by atoms with Crippen molar-refractivity contribution in [2.24, 2.45) is 0 Å². The van der Waals surface area contributed by atoms with Crippen molar-refractivity contribution >= 4 is 28.9 Å². The zero-order chi connectivity index (χ0) is 12.5. The van der Waals surface area contributed by atoms with Gasteiger partial charge in [-0.15, -0.1) is 0 Å². The van der Waals surface area contributed by atoms with Crippen molar-refractivity contribution in [3.8, 4) is 11.5 Å². The molecule has 2 aliphatic heterocycles. The first-order chi connectivity index (χ1) is 8.74. The number of thiocarbonyl (C=S) groups is 1. The van der Waals surface area contributed by atoms with Gasteiger partial charge in [0.2, 0.25) is 5.91 Å². The Morgan fingerprint density at radius 1 is 1.22 bits per heavy atom. The Labute approximate surface area is 110 Å². The van der Waals surface area contributed by atoms with E-state index in [1.165, 1.54) is 0 Å². The van der Waals surface area contributed by atoms with E-state index in [1.807, 2.05) is 23.1 Å². The molecule has 18 heavy (non-hydrogen) atoms. The molecule has 1 amide bonds. The number of nitrogens with zero attached hydrogens (tertiary/aromatic N) is 1. The summed E-state index contributed by atoms with van der Waals surface area (Å²) in [5, 5.41) is 3.09. The zero-order valence-corrected chi connectivity index (χ0v) is 10.5. The molecule has 0 bridgehead atoms. The molecule has 2 aliphatic rings. The fourth-order valence-electron chi connectivity index (χ4n) is 2.01. The van der Waals surface area contributed by atoms with Gasteiger partial charge in [-0.25, -0.2) is 0 Å². The number of benzene rings is 1. The minimum Gasteiger partial charge on any atom is -0.486 e. The number of carbonyl (C=O) groups excluding carboxylic acids is 1. The van der Waals surface area contributed by atoms with Crippen LogP contribution in [-0.2, 0) is 4.79 Å². The maximum absolute atomic E-state index is 11.2. The minimum absolute atomic E-state index is 0.0335. The first kappa shape index (κ1) is 11.3. The van der Waals surface area contributed by atoms with Crippen LogP contribution in [0.5, 0.6) is 11.5 Å². The molecule has 6 heteroatoms. The first-order valence-electron chi connectivity index (χ1n) is 5.75. The maximum atomic E-state index is 11.2. The Morgan fingerprint density at radius 3 is 2.78 bits per heavy atom. The summed E-state index contributed by atoms with van der Waals surface area (Å²) in [6, 6.07) is 5.67. The second-order valence-electron chi connectivity index (χ2n) is 4.08. The molecule has 0 unspecified atom stereocenters. The van der Waals surface area contributed by atoms with Gasteiger partial charge in [-0.05, 0) is 24.4 Å². The monoisotopic (exact) mass is 264 g/mol. The number of amides is 1. The van der Waals surface area contributed by atoms with Gasteiger partial charge < -0.3 is 19.7 Å². The fourth-order valence-corrected chi connectivity index (χ4v) is 2.32. The summed E-state index contributed by atoms with van der Waals surface area (Å²) < 4.78 is 11.0. The van der Waals surface area contributed by atoms with Crippen LogP contribution in [0.1, 0.15) is 6.42 Å². The average molecular weight is 264 g/mol. The molecule has 5 nitrogen and oxygen atoms in total. The molecule has 0 aromatic heterocycles. The van der Waals surface area contributed by atoms with Crippen molar-refractivity contribution in [2.75, 3.05) is 24.7 Å². The van der Waals surface area contributed by atoms with E-state index in [4.69, 9.17) is 21.7 Å². The molecule has 2 heterocycles. The molecular weight excluding hydrogens is 252 g/mol. The molecule has 3 rings (SSSR count). The number of carbonyl (C=O) groups is 1. The summed E-state index contributed by atoms with van der Waals surface area (Å²) in [6.07, 6.45) is 0.439. The summed E-state index contributed by atoms with van der Waals surface area (Å²) in [4.78, 5) is 13.1. The largest absolute Gasteiger partial charge is 0.486 e. The van der Waals surface area contributed by atoms with Crippen molar-refractivity contribution in [1.82, 2.24) is 5.32 Å². The van der Waals surface area contributed by atoms with Gasteiger partial charge in [-0.1, -0.05) is 0 Å². The van der Waals surface area contributed by atoms with E-state index >= 15 is 0 Å². The van der Waals surface area contributed by atoms with Gasteiger partial charge in [0.05, 0.1) is 0 Å². The topological polar surface area (TPSA) is 50.8 Å². The smallest absolute Gasteiger partial charge is 0.227 e. The van der Waals surface area contributed by atoms with Crippen LogP contribution in [0.4, 0.5) is 5.69 Å². The Kier molecular flexibility index (Phi) is 2.79. The predicted octanol–water partition coefficient (Wildman–Crippen LogP) is 1.07. The van der Waals surface area contributed by atoms with Crippen LogP contribution in [0, 0.1) is 0 Å². The molecule has 0 saturated carbocycles. The first-order valence-corrected chi connectivity index (χ1v) is 6.16. The SMILES string of the molecule is O=C1CCN(c2ccc3c(c2)OCCO3)C(=S)N1. The molecule has 0 spiro atoms. The Bertz CT molecular complexity index is 518. The van der Waals surface area contributed by atoms with Gasteiger partial charge in [-0.3, -0.25) is 4.79 Å². The highest BCUT2D eigenvalue weighted by Gasteiger charge is 2.22. The van der Waals surface area contributed by atoms with Crippen LogP contribution in [0.25, 0.3) is 0 Å². The molecular formula is C12H12N2O3S. The number of hydrogen-bond acceptors (Lipinski definition) is 4. The molecule has 1 aromatic rings. The lowest BCUT2D eigenvalue weighted by Crippen LogP contribution is -2.49. The Hall–Kier alpha value is -1.82. The summed E-state index contributed by atoms with van der Waals surface area (Å²) in [6.45, 7) is 1.71. The Balaban J connectivity index is 1.88. The minimum atomic E-state index is -0.0335. The van der Waals surface area contributed by atoms with Crippen LogP contribution >= 0.6 is 12.2 Å². The second-order valence-corrected chi connectivity index (χ2v) is 4.47. The van der Waals surface area contributed by atoms with Gasteiger partial charge in [0.1, 0.15) is 13.2 Å². The third-order valence-electron chi connectivity index (χ3n) is 2.89. The number of hydrogen-bond donors (Lipinski definition) is 1. The van der Waals surface area contributed by atoms with Gasteiger partial charge in [0.15, 0.2) is 16.6 Å². The quantitative estimate of drug-likeness (QED) is 0.769. The molecule has 1 fully saturated rings. The number of nitrogens with one attached hydrogen (secondary N) is 1. The molecule has 0 atom stereocenters. The third-order valence-corrected chi connectivity index (χ3v) is 3.21. The lowest BCUT2D eigenvalue weighted by molar-refractivity contribution is -0.119. The molecule has 0 aliphatic carbocycles. The van der Waals surface area contributed by atoms with E-state index in [2.05, 4.69) is 5.32 Å². The highest BCUT2D eigenvalue weighted by atomic mass is 32.1. The third kappa shape index (κ3) is 1.99. The average Bonchev–Trinajstić information content (AvgIpc) is 2.38. The van der Waals surface area contributed by atoms with E-state index in [9.17, 15) is 4.79 Å². The van der Waals surface area contributed by atoms with E-state index in [0.29, 0.717) is 31.3 Å². The number of rotatable bonds is 1. The fraction of sp³-hybridized carbons (Fsp3) is 0.333. The van der Waals surface area contributed by atoms with E-state index in [-0.39, 0.29) is 5.91 Å². The summed E-state index contributed by atoms with van der Waals surface area (Å²) in [7, 11) is 0. The predicted molar refractivity (Wildman–Crippen MR) is 70.1 cm³/mol. The van der Waals surface area contributed by atoms with Crippen LogP contribution in [0.3, 0.4) is 0 Å². The number of ether oxygens (including phenoxy) is 2. The van der Waals surface area contributed by atoms with Crippen molar-refractivity contribution in [2.45, 2.75) is 6.42 Å². The maximum Gasteiger partial charge on any atom is 0.227 e. The lowest BCUT2D eigenvalue weighted by Gasteiger charge is -2.30. The molecule has 1 aromatic carbocycles. The lowest BCUT2D eigenvalue weighted by atomic mass is 10.2. The van der Waals surface area contributed by atoms with Crippen LogP contribution in [0.15, 0.2) is 18.2 Å². The van der Waals surface area contributed by atoms with E-state index < -0.39 is 0 Å². The van der Waals surface area contributed by atoms with E-state index in [1.54, 1.807) is 0 Å². The number of anilines is 1. The van der Waals surface area contributed by atoms with Crippen LogP contribution < -0.4 is 19.7 Å². The zero-order valence-electron chi connectivity index (χ0n) is 9.64. The standard InChI is InChI=1S/C12H12N2O3S/c15-11-3-4-14(12(18)13-11)8-1-2-9-10(7-8)17-6-5-16-9/h1-2,7H,3-6H2,(H,13,15,18). The second kappa shape index (κ2) is 4.45. The normalized spacial score (nSPS) is 18.6. The van der Waals surface area contributed by atoms with Gasteiger partial charge >= 0.3 is 0 Å². The number of fused-ring (bicyclic) bond motifs is 1. The molecule has 94 valence electrons. The van der Waals surface area contributed by atoms with Crippen molar-refractivity contribution < 1.29 is 14.3 Å².